The first kappa shape index (κ1) is 13.9. The largest absolute Gasteiger partial charge is 0.490 e. The van der Waals surface area contributed by atoms with E-state index < -0.39 is 17.5 Å². The van der Waals surface area contributed by atoms with Crippen molar-refractivity contribution in [3.05, 3.63) is 41.7 Å². The molecule has 0 bridgehead atoms. The van der Waals surface area contributed by atoms with E-state index in [9.17, 15) is 13.2 Å². The summed E-state index contributed by atoms with van der Waals surface area (Å²) in [5.74, 6) is -4.19. The zero-order valence-corrected chi connectivity index (χ0v) is 10.5. The van der Waals surface area contributed by atoms with Crippen molar-refractivity contribution in [1.29, 1.82) is 0 Å². The van der Waals surface area contributed by atoms with Gasteiger partial charge in [-0.3, -0.25) is 4.90 Å². The lowest BCUT2D eigenvalue weighted by molar-refractivity contribution is 0.239. The van der Waals surface area contributed by atoms with E-state index in [1.165, 1.54) is 0 Å². The van der Waals surface area contributed by atoms with Crippen LogP contribution in [0, 0.1) is 17.5 Å². The lowest BCUT2D eigenvalue weighted by atomic mass is 10.2. The van der Waals surface area contributed by atoms with Crippen molar-refractivity contribution < 1.29 is 17.9 Å². The molecule has 0 amide bonds. The minimum atomic E-state index is -1.49. The van der Waals surface area contributed by atoms with Gasteiger partial charge in [-0.25, -0.2) is 8.78 Å². The van der Waals surface area contributed by atoms with E-state index in [2.05, 4.69) is 17.1 Å². The molecule has 0 N–H and O–H groups in total. The topological polar surface area (TPSA) is 12.5 Å². The quantitative estimate of drug-likeness (QED) is 0.463. The van der Waals surface area contributed by atoms with Gasteiger partial charge in [0.1, 0.15) is 0 Å². The SMILES string of the molecule is Fc1ccc(OCCCN2CC=CCC2)c(F)c1F. The van der Waals surface area contributed by atoms with Crippen LogP contribution in [-0.4, -0.2) is 31.1 Å². The zero-order valence-electron chi connectivity index (χ0n) is 10.5. The van der Waals surface area contributed by atoms with Crippen molar-refractivity contribution in [2.24, 2.45) is 0 Å². The molecule has 0 aliphatic carbocycles. The fourth-order valence-electron chi connectivity index (χ4n) is 1.98. The van der Waals surface area contributed by atoms with Gasteiger partial charge >= 0.3 is 0 Å². The van der Waals surface area contributed by atoms with Crippen LogP contribution in [0.1, 0.15) is 12.8 Å². The van der Waals surface area contributed by atoms with E-state index in [0.717, 1.165) is 38.2 Å². The highest BCUT2D eigenvalue weighted by atomic mass is 19.2. The van der Waals surface area contributed by atoms with Crippen molar-refractivity contribution >= 4 is 0 Å². The van der Waals surface area contributed by atoms with Gasteiger partial charge in [-0.1, -0.05) is 12.2 Å². The Bertz CT molecular complexity index is 462. The highest BCUT2D eigenvalue weighted by Crippen LogP contribution is 2.21. The van der Waals surface area contributed by atoms with Crippen molar-refractivity contribution in [3.8, 4) is 5.75 Å². The Kier molecular flexibility index (Phi) is 4.85. The summed E-state index contributed by atoms with van der Waals surface area (Å²) in [4.78, 5) is 2.25. The van der Waals surface area contributed by atoms with E-state index in [1.54, 1.807) is 0 Å². The summed E-state index contributed by atoms with van der Waals surface area (Å²) >= 11 is 0. The molecule has 0 fully saturated rings. The monoisotopic (exact) mass is 271 g/mol. The number of hydrogen-bond acceptors (Lipinski definition) is 2. The average molecular weight is 271 g/mol. The number of rotatable bonds is 5. The van der Waals surface area contributed by atoms with E-state index in [0.29, 0.717) is 6.42 Å². The minimum absolute atomic E-state index is 0.238. The Morgan fingerprint density at radius 2 is 1.95 bits per heavy atom. The maximum absolute atomic E-state index is 13.3. The van der Waals surface area contributed by atoms with Crippen LogP contribution < -0.4 is 4.74 Å². The molecule has 19 heavy (non-hydrogen) atoms. The predicted molar refractivity (Wildman–Crippen MR) is 66.6 cm³/mol. The smallest absolute Gasteiger partial charge is 0.203 e. The molecule has 2 rings (SSSR count). The molecule has 5 heteroatoms. The third kappa shape index (κ3) is 3.73. The molecule has 104 valence electrons. The lowest BCUT2D eigenvalue weighted by Gasteiger charge is -2.22. The van der Waals surface area contributed by atoms with Crippen LogP contribution in [0.25, 0.3) is 0 Å². The predicted octanol–water partition coefficient (Wildman–Crippen LogP) is 3.13. The molecule has 0 spiro atoms. The number of benzene rings is 1. The molecule has 0 atom stereocenters. The molecule has 1 aliphatic heterocycles. The molecular weight excluding hydrogens is 255 g/mol. The molecule has 2 nitrogen and oxygen atoms in total. The Labute approximate surface area is 110 Å². The fraction of sp³-hybridized carbons (Fsp3) is 0.429. The van der Waals surface area contributed by atoms with Crippen molar-refractivity contribution in [2.45, 2.75) is 12.8 Å². The van der Waals surface area contributed by atoms with E-state index in [-0.39, 0.29) is 12.4 Å². The summed E-state index contributed by atoms with van der Waals surface area (Å²) in [5.41, 5.74) is 0. The molecule has 1 aromatic rings. The standard InChI is InChI=1S/C14H16F3NO/c15-11-5-6-12(14(17)13(11)16)19-10-4-9-18-7-2-1-3-8-18/h1-2,5-6H,3-4,7-10H2. The Morgan fingerprint density at radius 1 is 1.11 bits per heavy atom. The summed E-state index contributed by atoms with van der Waals surface area (Å²) in [6.07, 6.45) is 6.01. The summed E-state index contributed by atoms with van der Waals surface area (Å²) in [7, 11) is 0. The van der Waals surface area contributed by atoms with Crippen LogP contribution in [-0.2, 0) is 0 Å². The number of ether oxygens (including phenoxy) is 1. The van der Waals surface area contributed by atoms with Gasteiger partial charge in [-0.15, -0.1) is 0 Å². The van der Waals surface area contributed by atoms with Gasteiger partial charge in [0.25, 0.3) is 0 Å². The molecular formula is C14H16F3NO. The second-order valence-electron chi connectivity index (χ2n) is 4.44. The molecule has 0 radical (unpaired) electrons. The Balaban J connectivity index is 1.76. The molecule has 1 heterocycles. The zero-order chi connectivity index (χ0) is 13.7. The maximum Gasteiger partial charge on any atom is 0.203 e. The summed E-state index contributed by atoms with van der Waals surface area (Å²) in [6, 6.07) is 1.97. The number of nitrogens with zero attached hydrogens (tertiary/aromatic N) is 1. The maximum atomic E-state index is 13.3. The fourth-order valence-corrected chi connectivity index (χ4v) is 1.98. The van der Waals surface area contributed by atoms with Gasteiger partial charge < -0.3 is 4.74 Å². The van der Waals surface area contributed by atoms with Gasteiger partial charge in [-0.2, -0.15) is 4.39 Å². The van der Waals surface area contributed by atoms with Crippen molar-refractivity contribution in [1.82, 2.24) is 4.90 Å². The summed E-state index contributed by atoms with van der Waals surface area (Å²) in [6.45, 7) is 3.05. The third-order valence-electron chi connectivity index (χ3n) is 3.02. The van der Waals surface area contributed by atoms with Crippen LogP contribution in [0.4, 0.5) is 13.2 Å². The van der Waals surface area contributed by atoms with E-state index in [4.69, 9.17) is 4.74 Å². The van der Waals surface area contributed by atoms with Crippen LogP contribution in [0.2, 0.25) is 0 Å². The van der Waals surface area contributed by atoms with Crippen molar-refractivity contribution in [3.63, 3.8) is 0 Å². The van der Waals surface area contributed by atoms with Gasteiger partial charge in [0.15, 0.2) is 17.4 Å². The first-order valence-electron chi connectivity index (χ1n) is 6.32. The second-order valence-corrected chi connectivity index (χ2v) is 4.44. The normalized spacial score (nSPS) is 15.7. The summed E-state index contributed by atoms with van der Waals surface area (Å²) in [5, 5.41) is 0. The average Bonchev–Trinajstić information content (AvgIpc) is 2.44. The second kappa shape index (κ2) is 6.61. The van der Waals surface area contributed by atoms with Gasteiger partial charge in [0.2, 0.25) is 5.82 Å². The van der Waals surface area contributed by atoms with Gasteiger partial charge in [0.05, 0.1) is 6.61 Å². The molecule has 1 aromatic carbocycles. The highest BCUT2D eigenvalue weighted by Gasteiger charge is 2.14. The molecule has 0 saturated carbocycles. The molecule has 0 unspecified atom stereocenters. The molecule has 0 saturated heterocycles. The van der Waals surface area contributed by atoms with E-state index >= 15 is 0 Å². The van der Waals surface area contributed by atoms with Gasteiger partial charge in [0, 0.05) is 19.6 Å². The van der Waals surface area contributed by atoms with E-state index in [1.807, 2.05) is 0 Å². The first-order valence-corrected chi connectivity index (χ1v) is 6.32. The molecule has 0 aromatic heterocycles. The van der Waals surface area contributed by atoms with Crippen LogP contribution in [0.15, 0.2) is 24.3 Å². The summed E-state index contributed by atoms with van der Waals surface area (Å²) < 4.78 is 44.1. The Hall–Kier alpha value is -1.49. The van der Waals surface area contributed by atoms with Gasteiger partial charge in [-0.05, 0) is 25.0 Å². The Morgan fingerprint density at radius 3 is 2.68 bits per heavy atom. The van der Waals surface area contributed by atoms with Crippen LogP contribution in [0.5, 0.6) is 5.75 Å². The number of halogens is 3. The highest BCUT2D eigenvalue weighted by molar-refractivity contribution is 5.26. The third-order valence-corrected chi connectivity index (χ3v) is 3.02. The lowest BCUT2D eigenvalue weighted by Crippen LogP contribution is -2.29. The van der Waals surface area contributed by atoms with Crippen molar-refractivity contribution in [2.75, 3.05) is 26.2 Å². The van der Waals surface area contributed by atoms with Crippen LogP contribution in [0.3, 0.4) is 0 Å². The first-order chi connectivity index (χ1) is 9.18. The van der Waals surface area contributed by atoms with Crippen LogP contribution >= 0.6 is 0 Å². The molecule has 1 aliphatic rings. The minimum Gasteiger partial charge on any atom is -0.490 e. The number of hydrogen-bond donors (Lipinski definition) is 0.